The first-order valence-corrected chi connectivity index (χ1v) is 10.2. The number of halogens is 3. The third kappa shape index (κ3) is 5.34. The van der Waals surface area contributed by atoms with Crippen LogP contribution in [-0.4, -0.2) is 20.9 Å². The third-order valence-corrected chi connectivity index (χ3v) is 5.71. The Morgan fingerprint density at radius 3 is 2.56 bits per heavy atom. The summed E-state index contributed by atoms with van der Waals surface area (Å²) in [5.74, 6) is -0.201. The Morgan fingerprint density at radius 2 is 1.92 bits per heavy atom. The Balaban J connectivity index is 2.16. The number of carbonyl (C=O) groups is 1. The van der Waals surface area contributed by atoms with E-state index in [1.165, 1.54) is 24.3 Å². The molecule has 1 amide bonds. The number of sulfonamides is 1. The molecule has 0 atom stereocenters. The number of nitrogens with one attached hydrogen (secondary N) is 1. The van der Waals surface area contributed by atoms with Crippen molar-refractivity contribution < 1.29 is 17.9 Å². The van der Waals surface area contributed by atoms with Crippen molar-refractivity contribution in [2.75, 3.05) is 6.61 Å². The summed E-state index contributed by atoms with van der Waals surface area (Å²) in [5, 5.41) is 0.742. The van der Waals surface area contributed by atoms with E-state index < -0.39 is 15.9 Å². The average Bonchev–Trinajstić information content (AvgIpc) is 2.52. The van der Waals surface area contributed by atoms with Crippen molar-refractivity contribution in [3.63, 3.8) is 0 Å². The molecule has 1 N–H and O–H groups in total. The van der Waals surface area contributed by atoms with Gasteiger partial charge in [0.05, 0.1) is 22.4 Å². The maximum Gasteiger partial charge on any atom is 0.264 e. The molecule has 0 radical (unpaired) electrons. The Hall–Kier alpha value is -1.28. The van der Waals surface area contributed by atoms with E-state index in [2.05, 4.69) is 15.9 Å². The summed E-state index contributed by atoms with van der Waals surface area (Å²) in [6.45, 7) is 2.26. The maximum absolute atomic E-state index is 12.4. The van der Waals surface area contributed by atoms with Gasteiger partial charge in [0, 0.05) is 10.0 Å². The minimum Gasteiger partial charge on any atom is -0.493 e. The smallest absolute Gasteiger partial charge is 0.264 e. The van der Waals surface area contributed by atoms with Crippen LogP contribution < -0.4 is 9.46 Å². The zero-order valence-electron chi connectivity index (χ0n) is 13.1. The van der Waals surface area contributed by atoms with Gasteiger partial charge in [0.15, 0.2) is 0 Å². The number of amides is 1. The van der Waals surface area contributed by atoms with Crippen LogP contribution in [0.1, 0.15) is 12.5 Å². The molecule has 0 saturated heterocycles. The fourth-order valence-corrected chi connectivity index (χ4v) is 4.05. The molecule has 0 heterocycles. The standard InChI is InChI=1S/C16H14BrCl2NO4S/c1-2-24-15-6-4-12(9-13(15)17)25(22,23)20-16(21)8-10-7-11(18)3-5-14(10)19/h3-7,9H,2,8H2,1H3,(H,20,21). The molecule has 0 spiro atoms. The largest absolute Gasteiger partial charge is 0.493 e. The Morgan fingerprint density at radius 1 is 1.20 bits per heavy atom. The first kappa shape index (κ1) is 20.0. The fourth-order valence-electron chi connectivity index (χ4n) is 2.02. The van der Waals surface area contributed by atoms with E-state index in [1.807, 2.05) is 11.6 Å². The van der Waals surface area contributed by atoms with Gasteiger partial charge in [-0.3, -0.25) is 4.79 Å². The number of carbonyl (C=O) groups excluding carboxylic acids is 1. The molecule has 0 bridgehead atoms. The highest BCUT2D eigenvalue weighted by Gasteiger charge is 2.20. The van der Waals surface area contributed by atoms with Gasteiger partial charge in [-0.15, -0.1) is 0 Å². The molecule has 5 nitrogen and oxygen atoms in total. The van der Waals surface area contributed by atoms with E-state index in [0.29, 0.717) is 32.4 Å². The van der Waals surface area contributed by atoms with E-state index in [-0.39, 0.29) is 11.3 Å². The van der Waals surface area contributed by atoms with Crippen LogP contribution in [0, 0.1) is 0 Å². The lowest BCUT2D eigenvalue weighted by Crippen LogP contribution is -2.31. The number of hydrogen-bond donors (Lipinski definition) is 1. The van der Waals surface area contributed by atoms with Crippen LogP contribution >= 0.6 is 39.1 Å². The van der Waals surface area contributed by atoms with E-state index in [9.17, 15) is 13.2 Å². The zero-order chi connectivity index (χ0) is 18.6. The predicted molar refractivity (Wildman–Crippen MR) is 101 cm³/mol. The number of hydrogen-bond acceptors (Lipinski definition) is 4. The molecule has 2 aromatic rings. The summed E-state index contributed by atoms with van der Waals surface area (Å²) in [6, 6.07) is 8.89. The molecule has 9 heteroatoms. The molecule has 0 aliphatic rings. The normalized spacial score (nSPS) is 11.2. The van der Waals surface area contributed by atoms with Gasteiger partial charge in [-0.1, -0.05) is 23.2 Å². The third-order valence-electron chi connectivity index (χ3n) is 3.12. The summed E-state index contributed by atoms with van der Waals surface area (Å²) in [6.07, 6.45) is -0.211. The van der Waals surface area contributed by atoms with Crippen LogP contribution in [0.2, 0.25) is 10.0 Å². The highest BCUT2D eigenvalue weighted by molar-refractivity contribution is 9.10. The van der Waals surface area contributed by atoms with E-state index in [4.69, 9.17) is 27.9 Å². The first-order chi connectivity index (χ1) is 11.7. The molecule has 134 valence electrons. The van der Waals surface area contributed by atoms with Gasteiger partial charge in [0.2, 0.25) is 5.91 Å². The summed E-state index contributed by atoms with van der Waals surface area (Å²) in [5.41, 5.74) is 0.440. The van der Waals surface area contributed by atoms with E-state index in [0.717, 1.165) is 0 Å². The van der Waals surface area contributed by atoms with Crippen molar-refractivity contribution in [2.24, 2.45) is 0 Å². The van der Waals surface area contributed by atoms with Crippen LogP contribution in [0.5, 0.6) is 5.75 Å². The first-order valence-electron chi connectivity index (χ1n) is 7.15. The molecule has 0 fully saturated rings. The minimum atomic E-state index is -4.02. The van der Waals surface area contributed by atoms with Crippen molar-refractivity contribution >= 4 is 55.1 Å². The molecule has 0 aliphatic carbocycles. The summed E-state index contributed by atoms with van der Waals surface area (Å²) in [7, 11) is -4.02. The molecular weight excluding hydrogens is 453 g/mol. The molecule has 0 aromatic heterocycles. The van der Waals surface area contributed by atoms with Crippen molar-refractivity contribution in [1.82, 2.24) is 4.72 Å². The maximum atomic E-state index is 12.4. The van der Waals surface area contributed by atoms with Crippen molar-refractivity contribution in [3.8, 4) is 5.75 Å². The number of rotatable bonds is 6. The second-order valence-electron chi connectivity index (χ2n) is 4.97. The van der Waals surface area contributed by atoms with E-state index in [1.54, 1.807) is 12.1 Å². The van der Waals surface area contributed by atoms with Gasteiger partial charge >= 0.3 is 0 Å². The Labute approximate surface area is 164 Å². The average molecular weight is 467 g/mol. The van der Waals surface area contributed by atoms with Crippen LogP contribution in [-0.2, 0) is 21.2 Å². The van der Waals surface area contributed by atoms with Gasteiger partial charge < -0.3 is 4.74 Å². The Kier molecular flexibility index (Phi) is 6.73. The Bertz CT molecular complexity index is 903. The topological polar surface area (TPSA) is 72.5 Å². The van der Waals surface area contributed by atoms with Gasteiger partial charge in [-0.25, -0.2) is 13.1 Å². The molecule has 0 saturated carbocycles. The monoisotopic (exact) mass is 465 g/mol. The molecule has 2 aromatic carbocycles. The lowest BCUT2D eigenvalue weighted by atomic mass is 10.1. The summed E-state index contributed by atoms with van der Waals surface area (Å²) in [4.78, 5) is 12.0. The molecule has 2 rings (SSSR count). The zero-order valence-corrected chi connectivity index (χ0v) is 17.0. The van der Waals surface area contributed by atoms with E-state index >= 15 is 0 Å². The van der Waals surface area contributed by atoms with Gasteiger partial charge in [-0.05, 0) is 64.8 Å². The number of ether oxygens (including phenoxy) is 1. The van der Waals surface area contributed by atoms with Crippen molar-refractivity contribution in [2.45, 2.75) is 18.2 Å². The van der Waals surface area contributed by atoms with Gasteiger partial charge in [0.25, 0.3) is 10.0 Å². The van der Waals surface area contributed by atoms with Gasteiger partial charge in [-0.2, -0.15) is 0 Å². The number of benzene rings is 2. The van der Waals surface area contributed by atoms with Gasteiger partial charge in [0.1, 0.15) is 5.75 Å². The van der Waals surface area contributed by atoms with Crippen LogP contribution in [0.3, 0.4) is 0 Å². The molecular formula is C16H14BrCl2NO4S. The molecule has 0 unspecified atom stereocenters. The lowest BCUT2D eigenvalue weighted by Gasteiger charge is -2.10. The van der Waals surface area contributed by atoms with Crippen LogP contribution in [0.4, 0.5) is 0 Å². The molecule has 25 heavy (non-hydrogen) atoms. The highest BCUT2D eigenvalue weighted by atomic mass is 79.9. The van der Waals surface area contributed by atoms with Crippen LogP contribution in [0.25, 0.3) is 0 Å². The van der Waals surface area contributed by atoms with Crippen LogP contribution in [0.15, 0.2) is 45.8 Å². The summed E-state index contributed by atoms with van der Waals surface area (Å²) < 4.78 is 32.5. The minimum absolute atomic E-state index is 0.0617. The van der Waals surface area contributed by atoms with Crippen molar-refractivity contribution in [3.05, 3.63) is 56.5 Å². The highest BCUT2D eigenvalue weighted by Crippen LogP contribution is 2.28. The van der Waals surface area contributed by atoms with Crippen molar-refractivity contribution in [1.29, 1.82) is 0 Å². The lowest BCUT2D eigenvalue weighted by molar-refractivity contribution is -0.118. The summed E-state index contributed by atoms with van der Waals surface area (Å²) >= 11 is 15.1. The second-order valence-corrected chi connectivity index (χ2v) is 8.35. The predicted octanol–water partition coefficient (Wildman–Crippen LogP) is 4.20. The second kappa shape index (κ2) is 8.40. The molecule has 0 aliphatic heterocycles. The SMILES string of the molecule is CCOc1ccc(S(=O)(=O)NC(=O)Cc2cc(Cl)ccc2Cl)cc1Br. The fraction of sp³-hybridized carbons (Fsp3) is 0.188. The quantitative estimate of drug-likeness (QED) is 0.692.